The summed E-state index contributed by atoms with van der Waals surface area (Å²) in [5.41, 5.74) is 0.901. The van der Waals surface area contributed by atoms with Crippen LogP contribution in [0.2, 0.25) is 0 Å². The summed E-state index contributed by atoms with van der Waals surface area (Å²) in [5.74, 6) is -0.247. The molecule has 9 heteroatoms. The van der Waals surface area contributed by atoms with Gasteiger partial charge in [-0.25, -0.2) is 8.42 Å². The first-order valence-electron chi connectivity index (χ1n) is 8.90. The van der Waals surface area contributed by atoms with E-state index in [1.54, 1.807) is 27.0 Å². The summed E-state index contributed by atoms with van der Waals surface area (Å²) in [4.78, 5) is 25.6. The highest BCUT2D eigenvalue weighted by Gasteiger charge is 2.30. The van der Waals surface area contributed by atoms with Crippen molar-refractivity contribution in [2.45, 2.75) is 44.6 Å². The van der Waals surface area contributed by atoms with Crippen molar-refractivity contribution in [3.8, 4) is 5.75 Å². The second-order valence-electron chi connectivity index (χ2n) is 6.79. The molecule has 0 aliphatic carbocycles. The first kappa shape index (κ1) is 21.2. The van der Waals surface area contributed by atoms with Crippen molar-refractivity contribution in [3.63, 3.8) is 0 Å². The Kier molecular flexibility index (Phi) is 6.48. The van der Waals surface area contributed by atoms with Crippen LogP contribution < -0.4 is 10.1 Å². The lowest BCUT2D eigenvalue weighted by Crippen LogP contribution is -2.40. The molecule has 1 atom stereocenters. The maximum absolute atomic E-state index is 13.0. The Morgan fingerprint density at radius 1 is 1.30 bits per heavy atom. The van der Waals surface area contributed by atoms with E-state index in [0.717, 1.165) is 17.1 Å². The lowest BCUT2D eigenvalue weighted by Gasteiger charge is -2.26. The fourth-order valence-corrected chi connectivity index (χ4v) is 4.04. The summed E-state index contributed by atoms with van der Waals surface area (Å²) in [6.07, 6.45) is 1.11. The summed E-state index contributed by atoms with van der Waals surface area (Å²) >= 11 is 0. The quantitative estimate of drug-likeness (QED) is 0.754. The molecule has 1 N–H and O–H groups in total. The fourth-order valence-electron chi connectivity index (χ4n) is 2.70. The first-order valence-corrected chi connectivity index (χ1v) is 10.3. The zero-order chi connectivity index (χ0) is 20.4. The second kappa shape index (κ2) is 8.26. The first-order chi connectivity index (χ1) is 12.6. The molecule has 1 aromatic rings. The van der Waals surface area contributed by atoms with Crippen LogP contribution in [0, 0.1) is 6.92 Å². The van der Waals surface area contributed by atoms with Gasteiger partial charge in [-0.3, -0.25) is 9.59 Å². The van der Waals surface area contributed by atoms with Crippen LogP contribution in [0.25, 0.3) is 0 Å². The smallest absolute Gasteiger partial charge is 0.265 e. The number of rotatable bonds is 7. The topological polar surface area (TPSA) is 96.0 Å². The minimum atomic E-state index is -3.89. The molecule has 0 radical (unpaired) electrons. The summed E-state index contributed by atoms with van der Waals surface area (Å²) in [6.45, 7) is 5.60. The molecule has 150 valence electrons. The summed E-state index contributed by atoms with van der Waals surface area (Å²) < 4.78 is 32.5. The Labute approximate surface area is 160 Å². The van der Waals surface area contributed by atoms with Crippen molar-refractivity contribution < 1.29 is 22.7 Å². The van der Waals surface area contributed by atoms with E-state index in [4.69, 9.17) is 4.74 Å². The zero-order valence-corrected chi connectivity index (χ0v) is 17.2. The predicted octanol–water partition coefficient (Wildman–Crippen LogP) is 1.59. The number of aryl methyl sites for hydroxylation is 1. The molecule has 0 saturated carbocycles. The van der Waals surface area contributed by atoms with Gasteiger partial charge in [-0.05, 0) is 31.9 Å². The van der Waals surface area contributed by atoms with Gasteiger partial charge in [-0.15, -0.1) is 0 Å². The number of unbranched alkanes of at least 4 members (excludes halogenated alkanes) is 1. The van der Waals surface area contributed by atoms with Crippen molar-refractivity contribution in [1.82, 2.24) is 9.21 Å². The van der Waals surface area contributed by atoms with E-state index in [0.29, 0.717) is 23.5 Å². The Morgan fingerprint density at radius 3 is 2.59 bits per heavy atom. The van der Waals surface area contributed by atoms with Crippen LogP contribution in [0.3, 0.4) is 0 Å². The van der Waals surface area contributed by atoms with Crippen LogP contribution in [-0.4, -0.2) is 62.7 Å². The summed E-state index contributed by atoms with van der Waals surface area (Å²) in [7, 11) is -0.843. The number of benzene rings is 1. The highest BCUT2D eigenvalue weighted by molar-refractivity contribution is 7.89. The molecule has 0 fully saturated rings. The third-order valence-corrected chi connectivity index (χ3v) is 6.47. The highest BCUT2D eigenvalue weighted by Crippen LogP contribution is 2.35. The molecule has 2 rings (SSSR count). The van der Waals surface area contributed by atoms with E-state index in [2.05, 4.69) is 5.32 Å². The van der Waals surface area contributed by atoms with Crippen LogP contribution in [0.4, 0.5) is 5.69 Å². The number of carbonyl (C=O) groups is 2. The van der Waals surface area contributed by atoms with Crippen LogP contribution in [0.1, 0.15) is 32.3 Å². The minimum absolute atomic E-state index is 0.0520. The average molecular weight is 397 g/mol. The van der Waals surface area contributed by atoms with Gasteiger partial charge >= 0.3 is 0 Å². The predicted molar refractivity (Wildman–Crippen MR) is 102 cm³/mol. The molecule has 1 aliphatic rings. The Balaban J connectivity index is 2.24. The third kappa shape index (κ3) is 4.59. The number of amides is 2. The second-order valence-corrected chi connectivity index (χ2v) is 8.81. The molecule has 8 nitrogen and oxygen atoms in total. The summed E-state index contributed by atoms with van der Waals surface area (Å²) in [5, 5.41) is 2.69. The molecular formula is C18H27N3O5S. The number of ether oxygens (including phenoxy) is 1. The molecule has 0 aromatic heterocycles. The van der Waals surface area contributed by atoms with Gasteiger partial charge in [-0.2, -0.15) is 4.31 Å². The average Bonchev–Trinajstić information content (AvgIpc) is 2.60. The van der Waals surface area contributed by atoms with Crippen LogP contribution in [0.5, 0.6) is 5.75 Å². The lowest BCUT2D eigenvalue weighted by molar-refractivity contribution is -0.130. The molecule has 0 bridgehead atoms. The van der Waals surface area contributed by atoms with Crippen molar-refractivity contribution in [3.05, 3.63) is 17.7 Å². The van der Waals surface area contributed by atoms with Gasteiger partial charge in [-0.1, -0.05) is 13.3 Å². The van der Waals surface area contributed by atoms with Crippen LogP contribution in [-0.2, 0) is 19.6 Å². The van der Waals surface area contributed by atoms with Gasteiger partial charge in [0.25, 0.3) is 5.91 Å². The van der Waals surface area contributed by atoms with Gasteiger partial charge in [0.1, 0.15) is 5.75 Å². The van der Waals surface area contributed by atoms with Crippen molar-refractivity contribution in [1.29, 1.82) is 0 Å². The third-order valence-electron chi connectivity index (χ3n) is 4.53. The van der Waals surface area contributed by atoms with Gasteiger partial charge in [0, 0.05) is 26.7 Å². The van der Waals surface area contributed by atoms with Crippen molar-refractivity contribution in [2.75, 3.05) is 32.5 Å². The van der Waals surface area contributed by atoms with Gasteiger partial charge < -0.3 is 15.0 Å². The Morgan fingerprint density at radius 2 is 1.96 bits per heavy atom. The normalized spacial score (nSPS) is 16.5. The number of sulfonamides is 1. The molecule has 1 aliphatic heterocycles. The number of nitrogens with one attached hydrogen (secondary N) is 1. The van der Waals surface area contributed by atoms with E-state index < -0.39 is 16.1 Å². The maximum Gasteiger partial charge on any atom is 0.265 e. The number of hydrogen-bond acceptors (Lipinski definition) is 5. The molecule has 0 unspecified atom stereocenters. The van der Waals surface area contributed by atoms with E-state index in [1.165, 1.54) is 18.0 Å². The Hall–Kier alpha value is -2.13. The van der Waals surface area contributed by atoms with E-state index >= 15 is 0 Å². The highest BCUT2D eigenvalue weighted by atomic mass is 32.2. The van der Waals surface area contributed by atoms with Crippen molar-refractivity contribution >= 4 is 27.5 Å². The van der Waals surface area contributed by atoms with E-state index in [9.17, 15) is 18.0 Å². The number of anilines is 1. The summed E-state index contributed by atoms with van der Waals surface area (Å²) in [6, 6.07) is 2.97. The van der Waals surface area contributed by atoms with Crippen LogP contribution >= 0.6 is 0 Å². The monoisotopic (exact) mass is 397 g/mol. The number of likely N-dealkylation sites (N-methyl/N-ethyl adjacent to an activating group) is 2. The van der Waals surface area contributed by atoms with Crippen molar-refractivity contribution in [2.24, 2.45) is 0 Å². The molecule has 2 amide bonds. The minimum Gasteiger partial charge on any atom is -0.479 e. The molecule has 1 heterocycles. The molecular weight excluding hydrogens is 370 g/mol. The van der Waals surface area contributed by atoms with Gasteiger partial charge in [0.15, 0.2) is 6.10 Å². The zero-order valence-electron chi connectivity index (χ0n) is 16.4. The fraction of sp³-hybridized carbons (Fsp3) is 0.556. The SMILES string of the molecule is CCCCN(C)C(=O)CN(C)S(=O)(=O)c1cc2c(cc1C)NC(=O)[C@@H](C)O2. The van der Waals surface area contributed by atoms with E-state index in [1.807, 2.05) is 6.92 Å². The number of hydrogen-bond donors (Lipinski definition) is 1. The molecule has 27 heavy (non-hydrogen) atoms. The van der Waals surface area contributed by atoms with Gasteiger partial charge in [0.05, 0.1) is 17.1 Å². The molecule has 1 aromatic carbocycles. The number of nitrogens with zero attached hydrogens (tertiary/aromatic N) is 2. The molecule has 0 saturated heterocycles. The largest absolute Gasteiger partial charge is 0.479 e. The standard InChI is InChI=1S/C18H27N3O5S/c1-6-7-8-20(4)17(22)11-21(5)27(24,25)16-10-15-14(9-12(16)2)19-18(23)13(3)26-15/h9-10,13H,6-8,11H2,1-5H3,(H,19,23)/t13-/m1/s1. The molecule has 0 spiro atoms. The lowest BCUT2D eigenvalue weighted by atomic mass is 10.1. The van der Waals surface area contributed by atoms with Gasteiger partial charge in [0.2, 0.25) is 15.9 Å². The van der Waals surface area contributed by atoms with E-state index in [-0.39, 0.29) is 23.3 Å². The van der Waals surface area contributed by atoms with Crippen LogP contribution in [0.15, 0.2) is 17.0 Å². The maximum atomic E-state index is 13.0. The number of fused-ring (bicyclic) bond motifs is 1. The number of carbonyl (C=O) groups excluding carboxylic acids is 2. The Bertz CT molecular complexity index is 838.